The van der Waals surface area contributed by atoms with Crippen LogP contribution in [0.25, 0.3) is 0 Å². The molecule has 0 bridgehead atoms. The lowest BCUT2D eigenvalue weighted by molar-refractivity contribution is -0.144. The van der Waals surface area contributed by atoms with Crippen molar-refractivity contribution in [2.45, 2.75) is 10.5 Å². The molecule has 0 radical (unpaired) electrons. The van der Waals surface area contributed by atoms with Gasteiger partial charge in [0.05, 0.1) is 11.2 Å². The molecule has 2 rings (SSSR count). The SMILES string of the molecule is NC(=O)C1SC2C=CC=CC2C1C(=O)O. The fourth-order valence-electron chi connectivity index (χ4n) is 2.06. The summed E-state index contributed by atoms with van der Waals surface area (Å²) in [5, 5.41) is 8.54. The van der Waals surface area contributed by atoms with Gasteiger partial charge in [0, 0.05) is 11.2 Å². The molecule has 15 heavy (non-hydrogen) atoms. The van der Waals surface area contributed by atoms with Crippen LogP contribution < -0.4 is 5.73 Å². The molecule has 0 aromatic rings. The quantitative estimate of drug-likeness (QED) is 0.712. The smallest absolute Gasteiger partial charge is 0.308 e. The molecule has 3 N–H and O–H groups in total. The number of carbonyl (C=O) groups excluding carboxylic acids is 1. The summed E-state index contributed by atoms with van der Waals surface area (Å²) >= 11 is 1.35. The van der Waals surface area contributed by atoms with Crippen LogP contribution in [0.4, 0.5) is 0 Å². The molecule has 1 aliphatic carbocycles. The molecule has 1 saturated heterocycles. The molecule has 1 amide bonds. The first-order valence-corrected chi connectivity index (χ1v) is 5.58. The highest BCUT2D eigenvalue weighted by Gasteiger charge is 2.48. The topological polar surface area (TPSA) is 80.4 Å². The summed E-state index contributed by atoms with van der Waals surface area (Å²) < 4.78 is 0. The molecule has 1 fully saturated rings. The van der Waals surface area contributed by atoms with Crippen LogP contribution in [0.5, 0.6) is 0 Å². The van der Waals surface area contributed by atoms with E-state index in [2.05, 4.69) is 0 Å². The summed E-state index contributed by atoms with van der Waals surface area (Å²) in [5.41, 5.74) is 5.21. The Balaban J connectivity index is 2.30. The van der Waals surface area contributed by atoms with E-state index in [0.717, 1.165) is 0 Å². The Kier molecular flexibility index (Phi) is 2.56. The fraction of sp³-hybridized carbons (Fsp3) is 0.400. The maximum absolute atomic E-state index is 11.1. The van der Waals surface area contributed by atoms with E-state index in [1.165, 1.54) is 11.8 Å². The van der Waals surface area contributed by atoms with Gasteiger partial charge in [0.2, 0.25) is 5.91 Å². The first-order valence-electron chi connectivity index (χ1n) is 4.64. The van der Waals surface area contributed by atoms with Gasteiger partial charge >= 0.3 is 5.97 Å². The highest BCUT2D eigenvalue weighted by atomic mass is 32.2. The van der Waals surface area contributed by atoms with Crippen molar-refractivity contribution in [2.75, 3.05) is 0 Å². The van der Waals surface area contributed by atoms with Crippen molar-refractivity contribution in [3.05, 3.63) is 24.3 Å². The molecule has 4 atom stereocenters. The third-order valence-corrected chi connectivity index (χ3v) is 4.34. The zero-order valence-electron chi connectivity index (χ0n) is 7.87. The molecular formula is C10H11NO3S. The van der Waals surface area contributed by atoms with Crippen molar-refractivity contribution in [3.63, 3.8) is 0 Å². The number of aliphatic carboxylic acids is 1. The van der Waals surface area contributed by atoms with Gasteiger partial charge in [-0.25, -0.2) is 0 Å². The van der Waals surface area contributed by atoms with Gasteiger partial charge in [-0.15, -0.1) is 11.8 Å². The molecule has 1 heterocycles. The van der Waals surface area contributed by atoms with E-state index >= 15 is 0 Å². The molecule has 0 spiro atoms. The summed E-state index contributed by atoms with van der Waals surface area (Å²) in [6, 6.07) is 0. The van der Waals surface area contributed by atoms with Gasteiger partial charge in [-0.05, 0) is 0 Å². The number of allylic oxidation sites excluding steroid dienone is 3. The van der Waals surface area contributed by atoms with E-state index < -0.39 is 23.0 Å². The first kappa shape index (κ1) is 10.3. The molecule has 0 aromatic heterocycles. The van der Waals surface area contributed by atoms with Gasteiger partial charge in [-0.2, -0.15) is 0 Å². The van der Waals surface area contributed by atoms with Crippen LogP contribution in [0.1, 0.15) is 0 Å². The Labute approximate surface area is 91.2 Å². The van der Waals surface area contributed by atoms with E-state index in [-0.39, 0.29) is 11.2 Å². The Morgan fingerprint density at radius 2 is 1.93 bits per heavy atom. The van der Waals surface area contributed by atoms with Gasteiger partial charge in [0.25, 0.3) is 0 Å². The number of hydrogen-bond acceptors (Lipinski definition) is 3. The molecule has 5 heteroatoms. The maximum Gasteiger partial charge on any atom is 0.308 e. The minimum atomic E-state index is -0.946. The Bertz CT molecular complexity index is 364. The van der Waals surface area contributed by atoms with E-state index in [4.69, 9.17) is 10.8 Å². The Morgan fingerprint density at radius 3 is 2.53 bits per heavy atom. The number of nitrogens with two attached hydrogens (primary N) is 1. The summed E-state index contributed by atoms with van der Waals surface area (Å²) in [6.07, 6.45) is 7.46. The number of fused-ring (bicyclic) bond motifs is 1. The monoisotopic (exact) mass is 225 g/mol. The normalized spacial score (nSPS) is 37.6. The third kappa shape index (κ3) is 1.67. The summed E-state index contributed by atoms with van der Waals surface area (Å²) in [7, 11) is 0. The van der Waals surface area contributed by atoms with Crippen molar-refractivity contribution in [2.24, 2.45) is 17.6 Å². The lowest BCUT2D eigenvalue weighted by Gasteiger charge is -2.18. The van der Waals surface area contributed by atoms with Crippen molar-refractivity contribution in [1.82, 2.24) is 0 Å². The molecule has 4 nitrogen and oxygen atoms in total. The number of primary amides is 1. The van der Waals surface area contributed by atoms with Gasteiger partial charge in [-0.1, -0.05) is 24.3 Å². The zero-order chi connectivity index (χ0) is 11.0. The lowest BCUT2D eigenvalue weighted by Crippen LogP contribution is -2.36. The van der Waals surface area contributed by atoms with Crippen LogP contribution in [0.15, 0.2) is 24.3 Å². The highest BCUT2D eigenvalue weighted by molar-refractivity contribution is 8.01. The number of carboxylic acid groups (broad SMARTS) is 1. The average Bonchev–Trinajstić information content (AvgIpc) is 2.56. The molecule has 2 aliphatic rings. The first-order chi connectivity index (χ1) is 7.11. The summed E-state index contributed by atoms with van der Waals surface area (Å²) in [5.74, 6) is -2.30. The van der Waals surface area contributed by atoms with Crippen LogP contribution in [0.2, 0.25) is 0 Å². The van der Waals surface area contributed by atoms with E-state index in [1.54, 1.807) is 0 Å². The van der Waals surface area contributed by atoms with Crippen LogP contribution in [0, 0.1) is 11.8 Å². The largest absolute Gasteiger partial charge is 0.481 e. The second kappa shape index (κ2) is 3.73. The standard InChI is InChI=1S/C10H11NO3S/c11-9(12)8-7(10(13)14)5-3-1-2-4-6(5)15-8/h1-8H,(H2,11,12)(H,13,14). The van der Waals surface area contributed by atoms with Crippen LogP contribution in [-0.2, 0) is 9.59 Å². The van der Waals surface area contributed by atoms with Crippen LogP contribution in [0.3, 0.4) is 0 Å². The van der Waals surface area contributed by atoms with Crippen molar-refractivity contribution < 1.29 is 14.7 Å². The number of carboxylic acids is 1. The van der Waals surface area contributed by atoms with Gasteiger partial charge in [0.1, 0.15) is 0 Å². The fourth-order valence-corrected chi connectivity index (χ4v) is 3.62. The second-order valence-electron chi connectivity index (χ2n) is 3.63. The zero-order valence-corrected chi connectivity index (χ0v) is 8.68. The number of hydrogen-bond donors (Lipinski definition) is 2. The minimum Gasteiger partial charge on any atom is -0.481 e. The average molecular weight is 225 g/mol. The molecule has 0 saturated carbocycles. The molecule has 1 aliphatic heterocycles. The van der Waals surface area contributed by atoms with E-state index in [9.17, 15) is 9.59 Å². The number of rotatable bonds is 2. The maximum atomic E-state index is 11.1. The van der Waals surface area contributed by atoms with E-state index in [1.807, 2.05) is 24.3 Å². The van der Waals surface area contributed by atoms with Crippen molar-refractivity contribution in [3.8, 4) is 0 Å². The minimum absolute atomic E-state index is 0.0635. The van der Waals surface area contributed by atoms with Crippen molar-refractivity contribution in [1.29, 1.82) is 0 Å². The molecule has 4 unspecified atom stereocenters. The number of carbonyl (C=O) groups is 2. The lowest BCUT2D eigenvalue weighted by atomic mass is 9.85. The summed E-state index contributed by atoms with van der Waals surface area (Å²) in [4.78, 5) is 22.2. The van der Waals surface area contributed by atoms with Crippen LogP contribution in [-0.4, -0.2) is 27.5 Å². The molecular weight excluding hydrogens is 214 g/mol. The van der Waals surface area contributed by atoms with Crippen LogP contribution >= 0.6 is 11.8 Å². The van der Waals surface area contributed by atoms with Crippen molar-refractivity contribution >= 4 is 23.6 Å². The van der Waals surface area contributed by atoms with Gasteiger partial charge in [0.15, 0.2) is 0 Å². The molecule has 0 aromatic carbocycles. The predicted octanol–water partition coefficient (Wildman–Crippen LogP) is 0.399. The summed E-state index contributed by atoms with van der Waals surface area (Å²) in [6.45, 7) is 0. The number of amides is 1. The molecule has 80 valence electrons. The second-order valence-corrected chi connectivity index (χ2v) is 4.96. The predicted molar refractivity (Wildman–Crippen MR) is 57.3 cm³/mol. The Hall–Kier alpha value is -1.23. The number of thioether (sulfide) groups is 1. The Morgan fingerprint density at radius 1 is 1.27 bits per heavy atom. The highest BCUT2D eigenvalue weighted by Crippen LogP contribution is 2.45. The van der Waals surface area contributed by atoms with Gasteiger partial charge in [-0.3, -0.25) is 9.59 Å². The van der Waals surface area contributed by atoms with E-state index in [0.29, 0.717) is 0 Å². The third-order valence-electron chi connectivity index (χ3n) is 2.73. The van der Waals surface area contributed by atoms with Gasteiger partial charge < -0.3 is 10.8 Å².